The number of likely N-dealkylation sites (N-methyl/N-ethyl adjacent to an activating group) is 1. The van der Waals surface area contributed by atoms with E-state index >= 15 is 0 Å². The Labute approximate surface area is 124 Å². The minimum absolute atomic E-state index is 0.101. The van der Waals surface area contributed by atoms with Crippen LogP contribution in [0, 0.1) is 13.8 Å². The van der Waals surface area contributed by atoms with Crippen LogP contribution in [0.2, 0.25) is 0 Å². The highest BCUT2D eigenvalue weighted by molar-refractivity contribution is 5.33. The second-order valence-corrected chi connectivity index (χ2v) is 6.07. The van der Waals surface area contributed by atoms with Crippen LogP contribution in [0.1, 0.15) is 36.1 Å². The molecule has 3 heteroatoms. The average molecular weight is 277 g/mol. The lowest BCUT2D eigenvalue weighted by Crippen LogP contribution is -2.37. The molecule has 1 atom stereocenters. The topological polar surface area (TPSA) is 32.5 Å². The van der Waals surface area contributed by atoms with E-state index in [2.05, 4.69) is 62.9 Å². The second kappa shape index (κ2) is 8.40. The van der Waals surface area contributed by atoms with Crippen LogP contribution in [0.4, 0.5) is 0 Å². The van der Waals surface area contributed by atoms with E-state index in [9.17, 15) is 0 Å². The van der Waals surface area contributed by atoms with Crippen LogP contribution in [0.25, 0.3) is 0 Å². The van der Waals surface area contributed by atoms with Gasteiger partial charge in [-0.25, -0.2) is 0 Å². The first-order chi connectivity index (χ1) is 9.43. The van der Waals surface area contributed by atoms with E-state index in [1.807, 2.05) is 0 Å². The van der Waals surface area contributed by atoms with Gasteiger partial charge in [-0.15, -0.1) is 0 Å². The van der Waals surface area contributed by atoms with Crippen LogP contribution in [-0.2, 0) is 0 Å². The van der Waals surface area contributed by atoms with Gasteiger partial charge in [0.05, 0.1) is 0 Å². The SMILES string of the molecule is CCCN(CCN(C)C)CC(N)c1cc(C)ccc1C. The van der Waals surface area contributed by atoms with Gasteiger partial charge in [0.25, 0.3) is 0 Å². The zero-order chi connectivity index (χ0) is 15.1. The van der Waals surface area contributed by atoms with Crippen LogP contribution in [0.5, 0.6) is 0 Å². The van der Waals surface area contributed by atoms with Crippen molar-refractivity contribution in [1.82, 2.24) is 9.80 Å². The van der Waals surface area contributed by atoms with Crippen LogP contribution >= 0.6 is 0 Å². The maximum Gasteiger partial charge on any atom is 0.0427 e. The summed E-state index contributed by atoms with van der Waals surface area (Å²) in [6, 6.07) is 6.66. The molecular weight excluding hydrogens is 246 g/mol. The summed E-state index contributed by atoms with van der Waals surface area (Å²) in [5, 5.41) is 0. The molecule has 0 aliphatic rings. The van der Waals surface area contributed by atoms with Crippen molar-refractivity contribution in [2.45, 2.75) is 33.2 Å². The van der Waals surface area contributed by atoms with Crippen molar-refractivity contribution in [1.29, 1.82) is 0 Å². The van der Waals surface area contributed by atoms with Gasteiger partial charge in [0.1, 0.15) is 0 Å². The van der Waals surface area contributed by atoms with Crippen molar-refractivity contribution in [3.63, 3.8) is 0 Å². The summed E-state index contributed by atoms with van der Waals surface area (Å²) in [6.45, 7) is 10.7. The molecule has 2 N–H and O–H groups in total. The predicted molar refractivity (Wildman–Crippen MR) is 88.1 cm³/mol. The highest BCUT2D eigenvalue weighted by atomic mass is 15.2. The van der Waals surface area contributed by atoms with Gasteiger partial charge in [-0.1, -0.05) is 30.7 Å². The van der Waals surface area contributed by atoms with Gasteiger partial charge in [-0.2, -0.15) is 0 Å². The zero-order valence-corrected chi connectivity index (χ0v) is 13.8. The van der Waals surface area contributed by atoms with Gasteiger partial charge in [0.15, 0.2) is 0 Å². The lowest BCUT2D eigenvalue weighted by molar-refractivity contribution is 0.229. The van der Waals surface area contributed by atoms with E-state index in [-0.39, 0.29) is 6.04 Å². The fourth-order valence-corrected chi connectivity index (χ4v) is 2.49. The molecule has 114 valence electrons. The van der Waals surface area contributed by atoms with Gasteiger partial charge >= 0.3 is 0 Å². The molecule has 0 bridgehead atoms. The van der Waals surface area contributed by atoms with Crippen LogP contribution in [-0.4, -0.2) is 50.1 Å². The van der Waals surface area contributed by atoms with Gasteiger partial charge in [0.2, 0.25) is 0 Å². The third-order valence-electron chi connectivity index (χ3n) is 3.69. The minimum atomic E-state index is 0.101. The smallest absolute Gasteiger partial charge is 0.0427 e. The third kappa shape index (κ3) is 5.61. The Morgan fingerprint density at radius 3 is 2.40 bits per heavy atom. The first-order valence-electron chi connectivity index (χ1n) is 7.63. The molecule has 0 saturated carbocycles. The largest absolute Gasteiger partial charge is 0.323 e. The molecule has 0 aliphatic carbocycles. The van der Waals surface area contributed by atoms with Crippen molar-refractivity contribution in [2.24, 2.45) is 5.73 Å². The van der Waals surface area contributed by atoms with Gasteiger partial charge in [-0.3, -0.25) is 0 Å². The molecule has 0 spiro atoms. The molecule has 1 rings (SSSR count). The molecule has 3 nitrogen and oxygen atoms in total. The van der Waals surface area contributed by atoms with Crippen LogP contribution < -0.4 is 5.73 Å². The Kier molecular flexibility index (Phi) is 7.20. The van der Waals surface area contributed by atoms with E-state index in [4.69, 9.17) is 5.73 Å². The Hall–Kier alpha value is -0.900. The van der Waals surface area contributed by atoms with E-state index in [1.165, 1.54) is 23.1 Å². The molecule has 0 radical (unpaired) electrons. The molecule has 1 aromatic carbocycles. The third-order valence-corrected chi connectivity index (χ3v) is 3.69. The molecule has 20 heavy (non-hydrogen) atoms. The second-order valence-electron chi connectivity index (χ2n) is 6.07. The van der Waals surface area contributed by atoms with Crippen molar-refractivity contribution >= 4 is 0 Å². The molecule has 1 unspecified atom stereocenters. The summed E-state index contributed by atoms with van der Waals surface area (Å²) in [6.07, 6.45) is 1.17. The van der Waals surface area contributed by atoms with E-state index in [1.54, 1.807) is 0 Å². The Bertz CT molecular complexity index is 401. The fourth-order valence-electron chi connectivity index (χ4n) is 2.49. The van der Waals surface area contributed by atoms with Gasteiger partial charge < -0.3 is 15.5 Å². The highest BCUT2D eigenvalue weighted by Gasteiger charge is 2.14. The van der Waals surface area contributed by atoms with Gasteiger partial charge in [-0.05, 0) is 52.0 Å². The van der Waals surface area contributed by atoms with Crippen LogP contribution in [0.3, 0.4) is 0 Å². The Balaban J connectivity index is 2.68. The summed E-state index contributed by atoms with van der Waals surface area (Å²) in [4.78, 5) is 4.71. The number of aryl methyl sites for hydroxylation is 2. The number of nitrogens with two attached hydrogens (primary N) is 1. The van der Waals surface area contributed by atoms with E-state index in [0.29, 0.717) is 0 Å². The standard InChI is InChI=1S/C17H31N3/c1-6-9-20(11-10-19(4)5)13-17(18)16-12-14(2)7-8-15(16)3/h7-8,12,17H,6,9-11,13,18H2,1-5H3. The Morgan fingerprint density at radius 1 is 1.10 bits per heavy atom. The zero-order valence-electron chi connectivity index (χ0n) is 13.8. The number of hydrogen-bond donors (Lipinski definition) is 1. The highest BCUT2D eigenvalue weighted by Crippen LogP contribution is 2.18. The molecule has 0 heterocycles. The van der Waals surface area contributed by atoms with Crippen LogP contribution in [0.15, 0.2) is 18.2 Å². The maximum atomic E-state index is 6.45. The quantitative estimate of drug-likeness (QED) is 0.793. The predicted octanol–water partition coefficient (Wildman–Crippen LogP) is 2.58. The maximum absolute atomic E-state index is 6.45. The van der Waals surface area contributed by atoms with E-state index in [0.717, 1.165) is 26.2 Å². The minimum Gasteiger partial charge on any atom is -0.323 e. The summed E-state index contributed by atoms with van der Waals surface area (Å²) in [5.74, 6) is 0. The number of nitrogens with zero attached hydrogens (tertiary/aromatic N) is 2. The van der Waals surface area contributed by atoms with Crippen molar-refractivity contribution in [3.05, 3.63) is 34.9 Å². The summed E-state index contributed by atoms with van der Waals surface area (Å²) >= 11 is 0. The molecule has 0 aliphatic heterocycles. The number of benzene rings is 1. The summed E-state index contributed by atoms with van der Waals surface area (Å²) in [7, 11) is 4.24. The molecule has 0 amide bonds. The van der Waals surface area contributed by atoms with Gasteiger partial charge in [0, 0.05) is 25.7 Å². The van der Waals surface area contributed by atoms with Crippen molar-refractivity contribution in [3.8, 4) is 0 Å². The first kappa shape index (κ1) is 17.2. The summed E-state index contributed by atoms with van der Waals surface area (Å²) < 4.78 is 0. The molecular formula is C17H31N3. The van der Waals surface area contributed by atoms with Crippen molar-refractivity contribution in [2.75, 3.05) is 40.3 Å². The first-order valence-corrected chi connectivity index (χ1v) is 7.63. The summed E-state index contributed by atoms with van der Waals surface area (Å²) in [5.41, 5.74) is 10.3. The molecule has 1 aromatic rings. The molecule has 0 saturated heterocycles. The monoisotopic (exact) mass is 277 g/mol. The molecule has 0 fully saturated rings. The number of rotatable bonds is 8. The lowest BCUT2D eigenvalue weighted by atomic mass is 9.99. The van der Waals surface area contributed by atoms with E-state index < -0.39 is 0 Å². The lowest BCUT2D eigenvalue weighted by Gasteiger charge is -2.27. The normalized spacial score (nSPS) is 13.2. The average Bonchev–Trinajstić information content (AvgIpc) is 2.38. The van der Waals surface area contributed by atoms with Crippen molar-refractivity contribution < 1.29 is 0 Å². The number of hydrogen-bond acceptors (Lipinski definition) is 3. The Morgan fingerprint density at radius 2 is 1.80 bits per heavy atom. The molecule has 0 aromatic heterocycles. The fraction of sp³-hybridized carbons (Fsp3) is 0.647.